The van der Waals surface area contributed by atoms with E-state index in [2.05, 4.69) is 32.5 Å². The SMILES string of the molecule is CC(C)(O)C(CN1CCC(N)CC1)c1cccc(Cl)c1.ClOCl. The van der Waals surface area contributed by atoms with Gasteiger partial charge in [0.15, 0.2) is 0 Å². The van der Waals surface area contributed by atoms with E-state index in [9.17, 15) is 5.11 Å². The van der Waals surface area contributed by atoms with Crippen LogP contribution in [0.1, 0.15) is 38.2 Å². The summed E-state index contributed by atoms with van der Waals surface area (Å²) in [6.07, 6.45) is 2.07. The second kappa shape index (κ2) is 10.0. The summed E-state index contributed by atoms with van der Waals surface area (Å²) in [5, 5.41) is 11.2. The molecule has 0 saturated carbocycles. The average molecular weight is 384 g/mol. The highest BCUT2D eigenvalue weighted by molar-refractivity contribution is 6.30. The number of nitrogens with zero attached hydrogens (tertiary/aromatic N) is 1. The Morgan fingerprint density at radius 3 is 2.39 bits per heavy atom. The van der Waals surface area contributed by atoms with Crippen LogP contribution < -0.4 is 5.73 Å². The van der Waals surface area contributed by atoms with Gasteiger partial charge < -0.3 is 15.7 Å². The Kier molecular flexibility index (Phi) is 9.16. The molecule has 1 atom stereocenters. The molecule has 4 nitrogen and oxygen atoms in total. The van der Waals surface area contributed by atoms with Crippen molar-refractivity contribution in [3.05, 3.63) is 34.9 Å². The van der Waals surface area contributed by atoms with E-state index in [1.807, 2.05) is 38.1 Å². The van der Waals surface area contributed by atoms with Gasteiger partial charge in [0.2, 0.25) is 0 Å². The van der Waals surface area contributed by atoms with Crippen molar-refractivity contribution in [2.24, 2.45) is 5.73 Å². The molecule has 132 valence electrons. The highest BCUT2D eigenvalue weighted by atomic mass is 35.6. The molecule has 1 fully saturated rings. The van der Waals surface area contributed by atoms with Gasteiger partial charge in [-0.15, -0.1) is 0 Å². The van der Waals surface area contributed by atoms with E-state index < -0.39 is 5.60 Å². The normalized spacial score (nSPS) is 18.2. The molecule has 0 bridgehead atoms. The van der Waals surface area contributed by atoms with E-state index in [-0.39, 0.29) is 5.92 Å². The number of nitrogens with two attached hydrogens (primary N) is 1. The number of rotatable bonds is 4. The van der Waals surface area contributed by atoms with Crippen molar-refractivity contribution in [1.82, 2.24) is 4.90 Å². The molecule has 2 rings (SSSR count). The molecule has 0 aromatic heterocycles. The van der Waals surface area contributed by atoms with E-state index in [1.165, 1.54) is 0 Å². The van der Waals surface area contributed by atoms with E-state index in [0.29, 0.717) is 6.04 Å². The molecule has 1 aliphatic heterocycles. The van der Waals surface area contributed by atoms with Crippen molar-refractivity contribution in [3.8, 4) is 0 Å². The Morgan fingerprint density at radius 1 is 1.35 bits per heavy atom. The van der Waals surface area contributed by atoms with Crippen LogP contribution in [-0.2, 0) is 3.84 Å². The first-order valence-corrected chi connectivity index (χ1v) is 8.62. The number of piperidine rings is 1. The molecule has 23 heavy (non-hydrogen) atoms. The van der Waals surface area contributed by atoms with Gasteiger partial charge in [0.1, 0.15) is 0 Å². The van der Waals surface area contributed by atoms with Gasteiger partial charge in [0.25, 0.3) is 0 Å². The van der Waals surface area contributed by atoms with Gasteiger partial charge in [0.05, 0.1) is 29.3 Å². The zero-order valence-electron chi connectivity index (χ0n) is 13.5. The molecule has 0 spiro atoms. The van der Waals surface area contributed by atoms with E-state index >= 15 is 0 Å². The fourth-order valence-electron chi connectivity index (χ4n) is 2.85. The highest BCUT2D eigenvalue weighted by Gasteiger charge is 2.31. The van der Waals surface area contributed by atoms with Crippen LogP contribution in [0.25, 0.3) is 0 Å². The van der Waals surface area contributed by atoms with Crippen LogP contribution in [0, 0.1) is 0 Å². The Balaban J connectivity index is 0.000000816. The lowest BCUT2D eigenvalue weighted by molar-refractivity contribution is 0.0312. The van der Waals surface area contributed by atoms with Crippen LogP contribution in [0.4, 0.5) is 0 Å². The van der Waals surface area contributed by atoms with Crippen LogP contribution in [0.5, 0.6) is 0 Å². The minimum atomic E-state index is -0.774. The summed E-state index contributed by atoms with van der Waals surface area (Å²) < 4.78 is 3.19. The predicted octanol–water partition coefficient (Wildman–Crippen LogP) is 3.93. The molecule has 3 N–H and O–H groups in total. The minimum Gasteiger partial charge on any atom is -0.390 e. The van der Waals surface area contributed by atoms with Gasteiger partial charge in [0, 0.05) is 23.5 Å². The molecule has 1 aromatic rings. The zero-order valence-corrected chi connectivity index (χ0v) is 15.8. The van der Waals surface area contributed by atoms with Gasteiger partial charge in [-0.2, -0.15) is 3.84 Å². The molecule has 1 aromatic carbocycles. The number of halogens is 3. The molecular weight excluding hydrogens is 359 g/mol. The second-order valence-electron chi connectivity index (χ2n) is 6.46. The van der Waals surface area contributed by atoms with Crippen molar-refractivity contribution in [2.75, 3.05) is 19.6 Å². The van der Waals surface area contributed by atoms with Gasteiger partial charge >= 0.3 is 0 Å². The third-order valence-corrected chi connectivity index (χ3v) is 4.41. The average Bonchev–Trinajstić information content (AvgIpc) is 2.46. The molecule has 7 heteroatoms. The number of aliphatic hydroxyl groups is 1. The third-order valence-electron chi connectivity index (χ3n) is 4.18. The Labute approximate surface area is 153 Å². The fourth-order valence-corrected chi connectivity index (χ4v) is 3.05. The second-order valence-corrected chi connectivity index (χ2v) is 7.36. The first-order chi connectivity index (χ1) is 10.8. The largest absolute Gasteiger partial charge is 0.390 e. The van der Waals surface area contributed by atoms with E-state index in [4.69, 9.17) is 17.3 Å². The summed E-state index contributed by atoms with van der Waals surface area (Å²) in [6, 6.07) is 8.15. The number of likely N-dealkylation sites (tertiary alicyclic amines) is 1. The standard InChI is InChI=1S/C16H25ClN2O.Cl2O/c1-16(2,20)15(12-4-3-5-13(17)10-12)11-19-8-6-14(18)7-9-19;1-3-2/h3-5,10,14-15,20H,6-9,11,18H2,1-2H3;. The Bertz CT molecular complexity index is 461. The lowest BCUT2D eigenvalue weighted by atomic mass is 9.84. The summed E-state index contributed by atoms with van der Waals surface area (Å²) in [5.41, 5.74) is 6.27. The van der Waals surface area contributed by atoms with Gasteiger partial charge in [-0.1, -0.05) is 23.7 Å². The lowest BCUT2D eigenvalue weighted by Gasteiger charge is -2.37. The van der Waals surface area contributed by atoms with Crippen LogP contribution in [-0.4, -0.2) is 41.3 Å². The summed E-state index contributed by atoms with van der Waals surface area (Å²) in [5.74, 6) is 0.0514. The maximum Gasteiger partial charge on any atom is 0.0832 e. The fraction of sp³-hybridized carbons (Fsp3) is 0.625. The molecule has 1 aliphatic rings. The maximum atomic E-state index is 10.5. The van der Waals surface area contributed by atoms with Crippen molar-refractivity contribution in [2.45, 2.75) is 44.2 Å². The van der Waals surface area contributed by atoms with Gasteiger partial charge in [-0.25, -0.2) is 0 Å². The molecule has 0 radical (unpaired) electrons. The summed E-state index contributed by atoms with van der Waals surface area (Å²) in [6.45, 7) is 6.60. The summed E-state index contributed by atoms with van der Waals surface area (Å²) >= 11 is 14.6. The topological polar surface area (TPSA) is 58.7 Å². The quantitative estimate of drug-likeness (QED) is 0.827. The van der Waals surface area contributed by atoms with Crippen LogP contribution in [0.2, 0.25) is 5.02 Å². The van der Waals surface area contributed by atoms with Gasteiger partial charge in [-0.05, 0) is 57.5 Å². The first kappa shape index (κ1) is 21.0. The molecule has 0 aliphatic carbocycles. The van der Waals surface area contributed by atoms with Crippen LogP contribution >= 0.6 is 35.3 Å². The highest BCUT2D eigenvalue weighted by Crippen LogP contribution is 2.31. The zero-order chi connectivity index (χ0) is 17.5. The van der Waals surface area contributed by atoms with Crippen molar-refractivity contribution < 1.29 is 8.95 Å². The Hall–Kier alpha value is -0.0700. The van der Waals surface area contributed by atoms with Crippen molar-refractivity contribution in [3.63, 3.8) is 0 Å². The van der Waals surface area contributed by atoms with Crippen LogP contribution in [0.15, 0.2) is 24.3 Å². The van der Waals surface area contributed by atoms with Crippen molar-refractivity contribution in [1.29, 1.82) is 0 Å². The molecular formula is C16H25Cl3N2O2. The number of benzene rings is 1. The molecule has 1 saturated heterocycles. The van der Waals surface area contributed by atoms with E-state index in [1.54, 1.807) is 0 Å². The monoisotopic (exact) mass is 382 g/mol. The van der Waals surface area contributed by atoms with Crippen LogP contribution in [0.3, 0.4) is 0 Å². The van der Waals surface area contributed by atoms with E-state index in [0.717, 1.165) is 43.1 Å². The lowest BCUT2D eigenvalue weighted by Crippen LogP contribution is -2.44. The summed E-state index contributed by atoms with van der Waals surface area (Å²) in [7, 11) is 0. The Morgan fingerprint density at radius 2 is 1.91 bits per heavy atom. The first-order valence-electron chi connectivity index (χ1n) is 7.63. The number of hydrogen-bond donors (Lipinski definition) is 2. The summed E-state index contributed by atoms with van der Waals surface area (Å²) in [4.78, 5) is 2.40. The predicted molar refractivity (Wildman–Crippen MR) is 96.9 cm³/mol. The van der Waals surface area contributed by atoms with Gasteiger partial charge in [-0.3, -0.25) is 0 Å². The minimum absolute atomic E-state index is 0.0514. The molecule has 0 amide bonds. The van der Waals surface area contributed by atoms with Crippen molar-refractivity contribution >= 4 is 35.3 Å². The molecule has 1 unspecified atom stereocenters. The maximum absolute atomic E-state index is 10.5. The third kappa shape index (κ3) is 7.57. The smallest absolute Gasteiger partial charge is 0.0832 e. The molecule has 1 heterocycles. The number of hydrogen-bond acceptors (Lipinski definition) is 4.